The molecule has 296 valence electrons. The first-order valence-corrected chi connectivity index (χ1v) is 19.9. The molecule has 11 rings (SSSR count). The van der Waals surface area contributed by atoms with Gasteiger partial charge in [0.2, 0.25) is 0 Å². The minimum Gasteiger partial charge on any atom is -0.509 e. The fourth-order valence-corrected chi connectivity index (χ4v) is 8.43. The Bertz CT molecular complexity index is 3240. The van der Waals surface area contributed by atoms with Gasteiger partial charge in [-0.25, -0.2) is 4.98 Å². The third-order valence-electron chi connectivity index (χ3n) is 11.4. The van der Waals surface area contributed by atoms with Gasteiger partial charge in [-0.15, -0.1) is 47.1 Å². The van der Waals surface area contributed by atoms with E-state index in [-0.39, 0.29) is 26.5 Å². The number of para-hydroxylation sites is 2. The Labute approximate surface area is 363 Å². The number of rotatable bonds is 6. The van der Waals surface area contributed by atoms with Crippen molar-refractivity contribution in [3.05, 3.63) is 182 Å². The van der Waals surface area contributed by atoms with Crippen LogP contribution in [0.1, 0.15) is 26.3 Å². The Balaban J connectivity index is 0.00000433. The summed E-state index contributed by atoms with van der Waals surface area (Å²) in [7, 11) is 2.09. The fourth-order valence-electron chi connectivity index (χ4n) is 8.43. The third-order valence-corrected chi connectivity index (χ3v) is 11.4. The van der Waals surface area contributed by atoms with E-state index in [1.54, 1.807) is 0 Å². The molecule has 0 N–H and O–H groups in total. The van der Waals surface area contributed by atoms with Crippen LogP contribution in [0.2, 0.25) is 0 Å². The van der Waals surface area contributed by atoms with Crippen molar-refractivity contribution in [2.24, 2.45) is 0 Å². The molecule has 10 aromatic rings. The number of hydrogen-bond acceptors (Lipinski definition) is 5. The topological polar surface area (TPSA) is 46.7 Å². The molecule has 0 amide bonds. The second-order valence-corrected chi connectivity index (χ2v) is 16.3. The summed E-state index contributed by atoms with van der Waals surface area (Å²) in [4.78, 5) is 9.42. The fraction of sp³-hybridized carbons (Fsp3) is 0.0943. The van der Waals surface area contributed by atoms with E-state index in [9.17, 15) is 0 Å². The average molecular weight is 959 g/mol. The number of benzene rings is 7. The van der Waals surface area contributed by atoms with Crippen molar-refractivity contribution in [3.63, 3.8) is 0 Å². The standard InChI is InChI=1S/C53H39N4O2.Pt/c1-53(2,3)37-26-38(56-33-55(4)47-25-36(23-24-46(47)56)34-15-7-5-8-16-34)28-39(27-37)58-40-29-43(35-17-9-6-10-18-35)52-42-20-11-13-21-45(42)57(48(52)30-40)51-31-50-44(32-54-51)41-19-12-14-22-49(41)59-50;/h5-27,29,31-33H,1-4H3;/q-3;. The van der Waals surface area contributed by atoms with Crippen LogP contribution < -0.4 is 14.5 Å². The van der Waals surface area contributed by atoms with Crippen LogP contribution in [0, 0.1) is 18.8 Å². The SMILES string of the molecule is CN1[CH-]N(c2[c-]c(Oc3[c-]c4c(c(-c5ccccc5)c3)c3ccccc3n4-c3cc4oc5ccccc5c4cn3)cc(C(C)(C)C)c2)c2ccc(-c3ccccc3)cc21.[Pt]. The van der Waals surface area contributed by atoms with Crippen LogP contribution in [-0.2, 0) is 26.5 Å². The maximum atomic E-state index is 6.96. The summed E-state index contributed by atoms with van der Waals surface area (Å²) >= 11 is 0. The van der Waals surface area contributed by atoms with E-state index in [1.165, 1.54) is 11.1 Å². The molecule has 0 saturated carbocycles. The normalized spacial score (nSPS) is 12.7. The largest absolute Gasteiger partial charge is 0.509 e. The molecule has 0 aliphatic carbocycles. The zero-order valence-corrected chi connectivity index (χ0v) is 35.8. The van der Waals surface area contributed by atoms with Gasteiger partial charge < -0.3 is 23.5 Å². The number of aromatic nitrogens is 2. The van der Waals surface area contributed by atoms with Gasteiger partial charge in [0.05, 0.1) is 0 Å². The van der Waals surface area contributed by atoms with E-state index in [2.05, 4.69) is 176 Å². The van der Waals surface area contributed by atoms with Gasteiger partial charge in [0.1, 0.15) is 17.0 Å². The van der Waals surface area contributed by atoms with Crippen molar-refractivity contribution < 1.29 is 30.2 Å². The average Bonchev–Trinajstić information content (AvgIpc) is 3.92. The van der Waals surface area contributed by atoms with Crippen molar-refractivity contribution in [2.45, 2.75) is 26.2 Å². The number of ether oxygens (including phenoxy) is 1. The Morgan fingerprint density at radius 2 is 1.33 bits per heavy atom. The van der Waals surface area contributed by atoms with E-state index in [0.717, 1.165) is 83.3 Å². The van der Waals surface area contributed by atoms with Crippen molar-refractivity contribution in [1.29, 1.82) is 0 Å². The molecule has 0 atom stereocenters. The Morgan fingerprint density at radius 1 is 0.633 bits per heavy atom. The molecule has 1 aliphatic rings. The van der Waals surface area contributed by atoms with E-state index < -0.39 is 0 Å². The number of nitrogens with zero attached hydrogens (tertiary/aromatic N) is 4. The predicted molar refractivity (Wildman–Crippen MR) is 241 cm³/mol. The molecular formula is C53H39N4O2Pt-3. The number of pyridine rings is 1. The Morgan fingerprint density at radius 3 is 2.12 bits per heavy atom. The van der Waals surface area contributed by atoms with Crippen LogP contribution in [0.3, 0.4) is 0 Å². The van der Waals surface area contributed by atoms with Crippen LogP contribution in [-0.4, -0.2) is 16.6 Å². The number of furan rings is 1. The molecule has 0 spiro atoms. The number of fused-ring (bicyclic) bond motifs is 7. The predicted octanol–water partition coefficient (Wildman–Crippen LogP) is 13.8. The van der Waals surface area contributed by atoms with E-state index in [1.807, 2.05) is 42.6 Å². The maximum Gasteiger partial charge on any atom is 0.140 e. The van der Waals surface area contributed by atoms with Gasteiger partial charge in [-0.2, -0.15) is 6.67 Å². The van der Waals surface area contributed by atoms with E-state index in [4.69, 9.17) is 14.1 Å². The summed E-state index contributed by atoms with van der Waals surface area (Å²) in [5, 5.41) is 4.19. The Hall–Kier alpha value is -6.62. The quantitative estimate of drug-likeness (QED) is 0.155. The summed E-state index contributed by atoms with van der Waals surface area (Å²) in [6.07, 6.45) is 1.91. The molecule has 3 aromatic heterocycles. The van der Waals surface area contributed by atoms with Crippen molar-refractivity contribution in [2.75, 3.05) is 16.8 Å². The number of hydrogen-bond donors (Lipinski definition) is 0. The molecule has 0 unspecified atom stereocenters. The van der Waals surface area contributed by atoms with Gasteiger partial charge in [-0.3, -0.25) is 0 Å². The van der Waals surface area contributed by atoms with Crippen molar-refractivity contribution in [3.8, 4) is 39.6 Å². The second kappa shape index (κ2) is 14.6. The van der Waals surface area contributed by atoms with Crippen LogP contribution in [0.25, 0.3) is 71.8 Å². The first-order valence-electron chi connectivity index (χ1n) is 19.9. The van der Waals surface area contributed by atoms with Crippen LogP contribution >= 0.6 is 0 Å². The van der Waals surface area contributed by atoms with Gasteiger partial charge in [-0.1, -0.05) is 135 Å². The summed E-state index contributed by atoms with van der Waals surface area (Å²) in [5.74, 6) is 1.92. The molecule has 6 nitrogen and oxygen atoms in total. The molecular weight excluding hydrogens is 920 g/mol. The smallest absolute Gasteiger partial charge is 0.140 e. The summed E-state index contributed by atoms with van der Waals surface area (Å²) < 4.78 is 15.5. The molecule has 0 fully saturated rings. The summed E-state index contributed by atoms with van der Waals surface area (Å²) in [6, 6.07) is 60.0. The van der Waals surface area contributed by atoms with Gasteiger partial charge >= 0.3 is 0 Å². The third kappa shape index (κ3) is 6.34. The van der Waals surface area contributed by atoms with E-state index in [0.29, 0.717) is 11.5 Å². The van der Waals surface area contributed by atoms with Crippen molar-refractivity contribution in [1.82, 2.24) is 9.55 Å². The number of anilines is 3. The summed E-state index contributed by atoms with van der Waals surface area (Å²) in [6.45, 7) is 8.81. The van der Waals surface area contributed by atoms with Gasteiger partial charge in [0, 0.05) is 72.5 Å². The van der Waals surface area contributed by atoms with Gasteiger partial charge in [0.25, 0.3) is 0 Å². The molecule has 7 aromatic carbocycles. The van der Waals surface area contributed by atoms with Crippen LogP contribution in [0.4, 0.5) is 17.1 Å². The maximum absolute atomic E-state index is 6.96. The molecule has 0 bridgehead atoms. The molecule has 4 heterocycles. The second-order valence-electron chi connectivity index (χ2n) is 16.3. The first kappa shape index (κ1) is 37.6. The molecule has 1 aliphatic heterocycles. The Kier molecular flexibility index (Phi) is 9.15. The molecule has 0 saturated heterocycles. The minimum absolute atomic E-state index is 0. The molecule has 60 heavy (non-hydrogen) atoms. The summed E-state index contributed by atoms with van der Waals surface area (Å²) in [5.41, 5.74) is 12.0. The molecule has 0 radical (unpaired) electrons. The zero-order chi connectivity index (χ0) is 39.8. The zero-order valence-electron chi connectivity index (χ0n) is 33.5. The van der Waals surface area contributed by atoms with Crippen molar-refractivity contribution >= 4 is 60.8 Å². The minimum atomic E-state index is -0.163. The van der Waals surface area contributed by atoms with E-state index >= 15 is 0 Å². The molecule has 7 heteroatoms. The van der Waals surface area contributed by atoms with Gasteiger partial charge in [0.15, 0.2) is 0 Å². The van der Waals surface area contributed by atoms with Gasteiger partial charge in [-0.05, 0) is 58.8 Å². The monoisotopic (exact) mass is 958 g/mol. The van der Waals surface area contributed by atoms with Crippen LogP contribution in [0.5, 0.6) is 11.5 Å². The first-order chi connectivity index (χ1) is 28.8. The van der Waals surface area contributed by atoms with Crippen LogP contribution in [0.15, 0.2) is 162 Å².